The molecule has 2 heteroatoms. The highest BCUT2D eigenvalue weighted by Gasteiger charge is 2.52. The fourth-order valence-corrected chi connectivity index (χ4v) is 11.3. The predicted octanol–water partition coefficient (Wildman–Crippen LogP) is 16.2. The van der Waals surface area contributed by atoms with E-state index in [-0.39, 0.29) is 11.3 Å². The summed E-state index contributed by atoms with van der Waals surface area (Å²) in [6, 6.07) is 81.9. The van der Waals surface area contributed by atoms with Gasteiger partial charge in [0, 0.05) is 16.7 Å². The van der Waals surface area contributed by atoms with Crippen molar-refractivity contribution in [2.45, 2.75) is 38.0 Å². The van der Waals surface area contributed by atoms with Crippen molar-refractivity contribution in [2.75, 3.05) is 0 Å². The van der Waals surface area contributed by atoms with Crippen LogP contribution < -0.4 is 0 Å². The van der Waals surface area contributed by atoms with Gasteiger partial charge < -0.3 is 0 Å². The third kappa shape index (κ3) is 6.31. The lowest BCUT2D eigenvalue weighted by molar-refractivity contribution is 0.662. The predicted molar refractivity (Wildman–Crippen MR) is 273 cm³/mol. The van der Waals surface area contributed by atoms with Crippen molar-refractivity contribution in [3.8, 4) is 78.4 Å². The third-order valence-corrected chi connectivity index (χ3v) is 14.4. The lowest BCUT2D eigenvalue weighted by Crippen LogP contribution is -2.25. The Hall–Kier alpha value is -7.94. The van der Waals surface area contributed by atoms with Crippen molar-refractivity contribution in [1.82, 2.24) is 9.97 Å². The molecular formula is C64H48N2. The summed E-state index contributed by atoms with van der Waals surface area (Å²) < 4.78 is 0. The number of benzene rings is 9. The monoisotopic (exact) mass is 844 g/mol. The van der Waals surface area contributed by atoms with E-state index in [1.807, 2.05) is 0 Å². The lowest BCUT2D eigenvalue weighted by atomic mass is 9.70. The molecule has 0 aliphatic heterocycles. The van der Waals surface area contributed by atoms with E-state index < -0.39 is 0 Å². The van der Waals surface area contributed by atoms with E-state index in [9.17, 15) is 0 Å². The highest BCUT2D eigenvalue weighted by Crippen LogP contribution is 2.63. The van der Waals surface area contributed by atoms with Gasteiger partial charge >= 0.3 is 0 Å². The van der Waals surface area contributed by atoms with Gasteiger partial charge in [-0.25, -0.2) is 9.97 Å². The molecular weight excluding hydrogens is 797 g/mol. The van der Waals surface area contributed by atoms with Crippen LogP contribution in [0, 0.1) is 6.92 Å². The highest BCUT2D eigenvalue weighted by molar-refractivity contribution is 5.97. The molecule has 0 saturated carbocycles. The molecule has 2 aliphatic carbocycles. The molecule has 1 heterocycles. The van der Waals surface area contributed by atoms with Crippen LogP contribution in [0.25, 0.3) is 78.4 Å². The zero-order valence-corrected chi connectivity index (χ0v) is 37.2. The molecule has 66 heavy (non-hydrogen) atoms. The minimum Gasteiger partial charge on any atom is -0.228 e. The highest BCUT2D eigenvalue weighted by atomic mass is 14.9. The molecule has 0 saturated heterocycles. The van der Waals surface area contributed by atoms with E-state index in [0.29, 0.717) is 0 Å². The van der Waals surface area contributed by atoms with Gasteiger partial charge in [-0.15, -0.1) is 0 Å². The van der Waals surface area contributed by atoms with E-state index in [1.54, 1.807) is 0 Å². The van der Waals surface area contributed by atoms with E-state index >= 15 is 0 Å². The number of aromatic nitrogens is 2. The van der Waals surface area contributed by atoms with E-state index in [2.05, 4.69) is 238 Å². The Morgan fingerprint density at radius 1 is 0.394 bits per heavy atom. The van der Waals surface area contributed by atoms with Crippen LogP contribution in [-0.2, 0) is 11.8 Å². The largest absolute Gasteiger partial charge is 0.228 e. The first-order valence-corrected chi connectivity index (χ1v) is 23.3. The fraction of sp³-hybridized carbons (Fsp3) is 0.0938. The minimum absolute atomic E-state index is 0.227. The van der Waals surface area contributed by atoms with Gasteiger partial charge in [0.05, 0.1) is 16.8 Å². The van der Waals surface area contributed by atoms with Gasteiger partial charge in [0.1, 0.15) is 0 Å². The Bertz CT molecular complexity index is 3390. The van der Waals surface area contributed by atoms with Crippen molar-refractivity contribution in [3.05, 3.63) is 263 Å². The molecule has 10 aromatic rings. The topological polar surface area (TPSA) is 25.8 Å². The van der Waals surface area contributed by atoms with Gasteiger partial charge in [0.15, 0.2) is 5.82 Å². The van der Waals surface area contributed by atoms with Crippen LogP contribution in [0.2, 0.25) is 0 Å². The van der Waals surface area contributed by atoms with Crippen LogP contribution in [0.5, 0.6) is 0 Å². The Labute approximate surface area is 388 Å². The van der Waals surface area contributed by atoms with Crippen LogP contribution in [-0.4, -0.2) is 9.97 Å². The molecule has 0 fully saturated rings. The number of nitrogens with zero attached hydrogens (tertiary/aromatic N) is 2. The second-order valence-corrected chi connectivity index (χ2v) is 17.9. The van der Waals surface area contributed by atoms with Crippen LogP contribution in [0.1, 0.15) is 58.2 Å². The molecule has 12 rings (SSSR count). The standard InChI is InChI=1S/C64H48N2/c1-3-43(50-25-12-13-29-54(50)63-65-60(46-22-8-5-9-23-46)41-61(66-63)47-36-34-45(35-37-47)44-20-6-4-7-21-44)40-48-24-10-11-26-51(48)49-38-39-59-62(42(49)2)55-30-16-19-33-58(55)64(59)56-31-17-14-27-52(56)53-28-15-18-32-57(53)64/h4-39,41,43H,3,40H2,1-2H3. The molecule has 2 aliphatic rings. The normalized spacial score (nSPS) is 13.2. The summed E-state index contributed by atoms with van der Waals surface area (Å²) in [6.07, 6.45) is 1.85. The molecule has 2 nitrogen and oxygen atoms in total. The van der Waals surface area contributed by atoms with Crippen molar-refractivity contribution >= 4 is 0 Å². The van der Waals surface area contributed by atoms with Crippen LogP contribution in [0.3, 0.4) is 0 Å². The maximum Gasteiger partial charge on any atom is 0.160 e. The Morgan fingerprint density at radius 2 is 0.864 bits per heavy atom. The molecule has 9 aromatic carbocycles. The van der Waals surface area contributed by atoms with Crippen molar-refractivity contribution in [1.29, 1.82) is 0 Å². The summed E-state index contributed by atoms with van der Waals surface area (Å²) in [4.78, 5) is 10.7. The second-order valence-electron chi connectivity index (χ2n) is 17.9. The van der Waals surface area contributed by atoms with Crippen molar-refractivity contribution in [2.24, 2.45) is 0 Å². The smallest absolute Gasteiger partial charge is 0.160 e. The number of hydrogen-bond acceptors (Lipinski definition) is 2. The van der Waals surface area contributed by atoms with E-state index in [0.717, 1.165) is 46.7 Å². The van der Waals surface area contributed by atoms with Crippen molar-refractivity contribution < 1.29 is 0 Å². The number of hydrogen-bond donors (Lipinski definition) is 0. The molecule has 1 atom stereocenters. The van der Waals surface area contributed by atoms with Gasteiger partial charge in [-0.2, -0.15) is 0 Å². The maximum absolute atomic E-state index is 5.36. The van der Waals surface area contributed by atoms with Gasteiger partial charge in [0.2, 0.25) is 0 Å². The number of fused-ring (bicyclic) bond motifs is 10. The number of rotatable bonds is 9. The molecule has 0 N–H and O–H groups in total. The molecule has 1 spiro atoms. The van der Waals surface area contributed by atoms with Gasteiger partial charge in [-0.3, -0.25) is 0 Å². The fourth-order valence-electron chi connectivity index (χ4n) is 11.3. The quantitative estimate of drug-likeness (QED) is 0.145. The first-order valence-electron chi connectivity index (χ1n) is 23.3. The summed E-state index contributed by atoms with van der Waals surface area (Å²) in [5.74, 6) is 0.975. The lowest BCUT2D eigenvalue weighted by Gasteiger charge is -2.30. The molecule has 0 amide bonds. The average Bonchev–Trinajstić information content (AvgIpc) is 3.87. The summed E-state index contributed by atoms with van der Waals surface area (Å²) in [5, 5.41) is 0. The molecule has 314 valence electrons. The summed E-state index contributed by atoms with van der Waals surface area (Å²) in [7, 11) is 0. The zero-order valence-electron chi connectivity index (χ0n) is 37.2. The third-order valence-electron chi connectivity index (χ3n) is 14.4. The zero-order chi connectivity index (χ0) is 44.2. The summed E-state index contributed by atoms with van der Waals surface area (Å²) >= 11 is 0. The summed E-state index contributed by atoms with van der Waals surface area (Å²) in [5.41, 5.74) is 24.5. The Kier molecular flexibility index (Phi) is 9.76. The molecule has 1 aromatic heterocycles. The maximum atomic E-state index is 5.36. The van der Waals surface area contributed by atoms with Crippen molar-refractivity contribution in [3.63, 3.8) is 0 Å². The first-order chi connectivity index (χ1) is 32.6. The van der Waals surface area contributed by atoms with Gasteiger partial charge in [0.25, 0.3) is 0 Å². The van der Waals surface area contributed by atoms with Gasteiger partial charge in [-0.1, -0.05) is 225 Å². The Balaban J connectivity index is 0.945. The second kappa shape index (κ2) is 16.2. The summed E-state index contributed by atoms with van der Waals surface area (Å²) in [6.45, 7) is 4.67. The minimum atomic E-state index is -0.357. The van der Waals surface area contributed by atoms with E-state index in [4.69, 9.17) is 9.97 Å². The molecule has 0 bridgehead atoms. The SMILES string of the molecule is CCC(Cc1ccccc1-c1ccc2c(c1C)-c1ccccc1C21c2ccccc2-c2ccccc21)c1ccccc1-c1nc(-c2ccccc2)cc(-c2ccc(-c3ccccc3)cc2)n1. The molecule has 0 radical (unpaired) electrons. The van der Waals surface area contributed by atoms with Crippen LogP contribution in [0.15, 0.2) is 224 Å². The average molecular weight is 845 g/mol. The first kappa shape index (κ1) is 39.6. The van der Waals surface area contributed by atoms with Crippen LogP contribution >= 0.6 is 0 Å². The molecule has 1 unspecified atom stereocenters. The van der Waals surface area contributed by atoms with Crippen LogP contribution in [0.4, 0.5) is 0 Å². The van der Waals surface area contributed by atoms with Gasteiger partial charge in [-0.05, 0) is 115 Å². The van der Waals surface area contributed by atoms with E-state index in [1.165, 1.54) is 83.5 Å². The Morgan fingerprint density at radius 3 is 1.50 bits per heavy atom.